The molecule has 1 aliphatic heterocycles. The van der Waals surface area contributed by atoms with Crippen molar-refractivity contribution in [2.45, 2.75) is 12.6 Å². The number of nitrogens with zero attached hydrogens (tertiary/aromatic N) is 2. The van der Waals surface area contributed by atoms with E-state index in [1.54, 1.807) is 0 Å². The molecule has 1 aliphatic rings. The number of rotatable bonds is 0. The molecule has 1 saturated heterocycles. The number of nitrogens with one attached hydrogen (secondary N) is 1. The third kappa shape index (κ3) is 4.91. The molecule has 0 spiro atoms. The Balaban J connectivity index is 2.69. The summed E-state index contributed by atoms with van der Waals surface area (Å²) in [7, 11) is 0. The van der Waals surface area contributed by atoms with Crippen LogP contribution in [0, 0.1) is 0 Å². The average molecular weight is 251 g/mol. The van der Waals surface area contributed by atoms with Crippen molar-refractivity contribution in [1.29, 1.82) is 0 Å². The maximum atomic E-state index is 11.7. The summed E-state index contributed by atoms with van der Waals surface area (Å²) < 4.78 is 70.0. The highest BCUT2D eigenvalue weighted by Gasteiger charge is 2.32. The first-order chi connectivity index (χ1) is 6.66. The highest BCUT2D eigenvalue weighted by atomic mass is 32.2. The Hall–Kier alpha value is -0.930. The fourth-order valence-electron chi connectivity index (χ4n) is 0.721. The minimum Gasteiger partial charge on any atom is -0.322 e. The van der Waals surface area contributed by atoms with Crippen molar-refractivity contribution >= 4 is 22.8 Å². The van der Waals surface area contributed by atoms with Gasteiger partial charge in [-0.2, -0.15) is 9.98 Å². The zero-order valence-electron chi connectivity index (χ0n) is 6.78. The third-order valence-corrected chi connectivity index (χ3v) is 1.97. The van der Waals surface area contributed by atoms with Crippen molar-refractivity contribution in [1.82, 2.24) is 5.32 Å². The predicted octanol–water partition coefficient (Wildman–Crippen LogP) is 2.12. The molecule has 1 rings (SSSR count). The van der Waals surface area contributed by atoms with Crippen LogP contribution in [0.2, 0.25) is 0 Å². The Morgan fingerprint density at radius 1 is 1.00 bits per heavy atom. The van der Waals surface area contributed by atoms with Crippen LogP contribution in [0.3, 0.4) is 0 Å². The smallest absolute Gasteiger partial charge is 0.322 e. The fraction of sp³-hybridized carbons (Fsp3) is 0.600. The van der Waals surface area contributed by atoms with Gasteiger partial charge in [0.1, 0.15) is 5.84 Å². The van der Waals surface area contributed by atoms with Gasteiger partial charge in [-0.1, -0.05) is 11.8 Å². The van der Waals surface area contributed by atoms with Crippen LogP contribution >= 0.6 is 11.8 Å². The lowest BCUT2D eigenvalue weighted by molar-refractivity contribution is -0.120. The van der Waals surface area contributed by atoms with E-state index in [4.69, 9.17) is 0 Å². The molecule has 0 aliphatic carbocycles. The molecule has 3 nitrogen and oxygen atoms in total. The maximum absolute atomic E-state index is 11.7. The monoisotopic (exact) mass is 251 g/mol. The van der Waals surface area contributed by atoms with Crippen molar-refractivity contribution in [3.8, 4) is 0 Å². The highest BCUT2D eigenvalue weighted by molar-refractivity contribution is 8.15. The van der Waals surface area contributed by atoms with Crippen molar-refractivity contribution in [2.75, 3.05) is 5.75 Å². The SMILES string of the molecule is FC(F)(F)/N=C1\CS/C(=N/C(F)(F)F)N1. The van der Waals surface area contributed by atoms with Gasteiger partial charge in [0.2, 0.25) is 0 Å². The van der Waals surface area contributed by atoms with Gasteiger partial charge in [0, 0.05) is 0 Å². The van der Waals surface area contributed by atoms with E-state index in [2.05, 4.69) is 9.98 Å². The minimum absolute atomic E-state index is 0.311. The second kappa shape index (κ2) is 3.91. The van der Waals surface area contributed by atoms with Crippen LogP contribution in [0.4, 0.5) is 26.3 Å². The van der Waals surface area contributed by atoms with E-state index >= 15 is 0 Å². The number of alkyl halides is 6. The molecule has 1 heterocycles. The van der Waals surface area contributed by atoms with Gasteiger partial charge < -0.3 is 5.32 Å². The van der Waals surface area contributed by atoms with E-state index in [9.17, 15) is 26.3 Å². The zero-order chi connectivity index (χ0) is 11.7. The number of halogens is 6. The molecule has 0 amide bonds. The molecule has 10 heteroatoms. The Morgan fingerprint density at radius 3 is 2.00 bits per heavy atom. The van der Waals surface area contributed by atoms with Crippen LogP contribution in [0.1, 0.15) is 0 Å². The second-order valence-electron chi connectivity index (χ2n) is 2.32. The summed E-state index contributed by atoms with van der Waals surface area (Å²) in [5.74, 6) is -0.899. The lowest BCUT2D eigenvalue weighted by Crippen LogP contribution is -2.25. The topological polar surface area (TPSA) is 36.8 Å². The summed E-state index contributed by atoms with van der Waals surface area (Å²) in [4.78, 5) is 4.43. The van der Waals surface area contributed by atoms with Gasteiger partial charge in [-0.25, -0.2) is 0 Å². The van der Waals surface area contributed by atoms with Crippen molar-refractivity contribution < 1.29 is 26.3 Å². The molecule has 0 bridgehead atoms. The number of aliphatic imine (C=N–C) groups is 2. The normalized spacial score (nSPS) is 23.6. The molecule has 1 N–H and O–H groups in total. The maximum Gasteiger partial charge on any atom is 0.505 e. The minimum atomic E-state index is -4.80. The fourth-order valence-corrected chi connectivity index (χ4v) is 1.49. The Bertz CT molecular complexity index is 273. The molecule has 0 unspecified atom stereocenters. The Labute approximate surface area is 83.7 Å². The Kier molecular flexibility index (Phi) is 3.16. The van der Waals surface area contributed by atoms with Gasteiger partial charge in [0.15, 0.2) is 5.17 Å². The van der Waals surface area contributed by atoms with E-state index in [1.807, 2.05) is 5.32 Å². The van der Waals surface area contributed by atoms with Gasteiger partial charge in [-0.15, -0.1) is 26.3 Å². The summed E-state index contributed by atoms with van der Waals surface area (Å²) in [6.45, 7) is 0. The van der Waals surface area contributed by atoms with Gasteiger partial charge in [0.05, 0.1) is 5.75 Å². The zero-order valence-corrected chi connectivity index (χ0v) is 7.59. The molecular formula is C5H3F6N3S. The number of hydrogen-bond acceptors (Lipinski definition) is 3. The van der Waals surface area contributed by atoms with Crippen LogP contribution < -0.4 is 5.32 Å². The third-order valence-electron chi connectivity index (χ3n) is 1.09. The first-order valence-electron chi connectivity index (χ1n) is 3.37. The van der Waals surface area contributed by atoms with Gasteiger partial charge in [0.25, 0.3) is 0 Å². The highest BCUT2D eigenvalue weighted by Crippen LogP contribution is 2.23. The summed E-state index contributed by atoms with van der Waals surface area (Å²) in [6, 6.07) is 0. The van der Waals surface area contributed by atoms with E-state index in [0.717, 1.165) is 0 Å². The van der Waals surface area contributed by atoms with Crippen LogP contribution in [0.5, 0.6) is 0 Å². The molecule has 0 radical (unpaired) electrons. The molecule has 15 heavy (non-hydrogen) atoms. The largest absolute Gasteiger partial charge is 0.505 e. The molecule has 0 aromatic heterocycles. The molecule has 0 atom stereocenters. The molecule has 0 saturated carbocycles. The van der Waals surface area contributed by atoms with Crippen LogP contribution in [0.25, 0.3) is 0 Å². The first kappa shape index (κ1) is 12.1. The average Bonchev–Trinajstić information content (AvgIpc) is 2.28. The molecular weight excluding hydrogens is 248 g/mol. The molecule has 0 aromatic rings. The molecule has 0 aromatic carbocycles. The van der Waals surface area contributed by atoms with Gasteiger partial charge >= 0.3 is 12.6 Å². The summed E-state index contributed by atoms with van der Waals surface area (Å²) in [6.07, 6.45) is -9.60. The van der Waals surface area contributed by atoms with E-state index < -0.39 is 23.6 Å². The lowest BCUT2D eigenvalue weighted by Gasteiger charge is -2.02. The van der Waals surface area contributed by atoms with Crippen molar-refractivity contribution in [3.05, 3.63) is 0 Å². The predicted molar refractivity (Wildman–Crippen MR) is 42.6 cm³/mol. The number of hydrogen-bond donors (Lipinski definition) is 1. The number of thioether (sulfide) groups is 1. The van der Waals surface area contributed by atoms with E-state index in [0.29, 0.717) is 11.8 Å². The van der Waals surface area contributed by atoms with Crippen LogP contribution in [-0.4, -0.2) is 29.4 Å². The van der Waals surface area contributed by atoms with Crippen LogP contribution in [-0.2, 0) is 0 Å². The van der Waals surface area contributed by atoms with Gasteiger partial charge in [-0.3, -0.25) is 0 Å². The summed E-state index contributed by atoms with van der Waals surface area (Å²) >= 11 is 0.506. The molecule has 1 fully saturated rings. The summed E-state index contributed by atoms with van der Waals surface area (Å²) in [5, 5.41) is 1.19. The summed E-state index contributed by atoms with van der Waals surface area (Å²) in [5.41, 5.74) is 0. The van der Waals surface area contributed by atoms with Crippen LogP contribution in [0.15, 0.2) is 9.98 Å². The number of amidine groups is 2. The molecule has 86 valence electrons. The van der Waals surface area contributed by atoms with Crippen molar-refractivity contribution in [2.24, 2.45) is 9.98 Å². The quantitative estimate of drug-likeness (QED) is 0.529. The first-order valence-corrected chi connectivity index (χ1v) is 4.36. The van der Waals surface area contributed by atoms with Crippen molar-refractivity contribution in [3.63, 3.8) is 0 Å². The Morgan fingerprint density at radius 2 is 1.53 bits per heavy atom. The van der Waals surface area contributed by atoms with E-state index in [-0.39, 0.29) is 5.75 Å². The second-order valence-corrected chi connectivity index (χ2v) is 3.29. The van der Waals surface area contributed by atoms with E-state index in [1.165, 1.54) is 0 Å². The standard InChI is InChI=1S/C5H3F6N3S/c6-4(7,8)13-2-1-15-3(12-2)14-5(9,10)11/h1H2,(H,12,13,14). The lowest BCUT2D eigenvalue weighted by atomic mass is 10.7. The van der Waals surface area contributed by atoms with Gasteiger partial charge in [-0.05, 0) is 0 Å².